The van der Waals surface area contributed by atoms with Crippen molar-refractivity contribution in [3.63, 3.8) is 0 Å². The lowest BCUT2D eigenvalue weighted by atomic mass is 9.60. The predicted molar refractivity (Wildman–Crippen MR) is 89.4 cm³/mol. The van der Waals surface area contributed by atoms with Gasteiger partial charge in [-0.3, -0.25) is 0 Å². The van der Waals surface area contributed by atoms with Gasteiger partial charge in [-0.2, -0.15) is 0 Å². The van der Waals surface area contributed by atoms with E-state index in [1.807, 2.05) is 6.92 Å². The van der Waals surface area contributed by atoms with Crippen LogP contribution in [0.2, 0.25) is 0 Å². The summed E-state index contributed by atoms with van der Waals surface area (Å²) in [5.74, 6) is 1.86. The van der Waals surface area contributed by atoms with E-state index in [1.54, 1.807) is 21.1 Å². The second-order valence-corrected chi connectivity index (χ2v) is 7.47. The number of methoxy groups -OCH3 is 2. The van der Waals surface area contributed by atoms with Crippen molar-refractivity contribution in [3.05, 3.63) is 23.3 Å². The second-order valence-electron chi connectivity index (χ2n) is 7.47. The Labute approximate surface area is 138 Å². The van der Waals surface area contributed by atoms with Gasteiger partial charge in [-0.1, -0.05) is 13.8 Å². The molecule has 0 amide bonds. The van der Waals surface area contributed by atoms with Crippen LogP contribution in [0.25, 0.3) is 0 Å². The number of hydrogen-bond acceptors (Lipinski definition) is 3. The molecule has 1 aromatic rings. The topological polar surface area (TPSA) is 38.2 Å². The molecule has 0 spiro atoms. The van der Waals surface area contributed by atoms with Crippen LogP contribution < -0.4 is 9.47 Å². The summed E-state index contributed by atoms with van der Waals surface area (Å²) < 4.78 is 14.2. The van der Waals surface area contributed by atoms with E-state index >= 15 is 0 Å². The second kappa shape index (κ2) is 5.15. The molecular weight excluding hydrogens is 292 g/mol. The smallest absolute Gasteiger partial charge is 0.515 e. The summed E-state index contributed by atoms with van der Waals surface area (Å²) in [6, 6.07) is 4.17. The highest BCUT2D eigenvalue weighted by Gasteiger charge is 2.70. The molecule has 4 heteroatoms. The van der Waals surface area contributed by atoms with Gasteiger partial charge in [0.25, 0.3) is 0 Å². The van der Waals surface area contributed by atoms with Gasteiger partial charge in [-0.25, -0.2) is 0 Å². The molecule has 4 nitrogen and oxygen atoms in total. The maximum Gasteiger partial charge on any atom is 0.515 e. The number of aryl methyl sites for hydroxylation is 1. The van der Waals surface area contributed by atoms with Crippen LogP contribution in [-0.4, -0.2) is 32.9 Å². The molecule has 2 atom stereocenters. The monoisotopic (exact) mass is 319 g/mol. The molecule has 1 aliphatic heterocycles. The first kappa shape index (κ1) is 16.2. The summed E-state index contributed by atoms with van der Waals surface area (Å²) in [6.45, 7) is 8.94. The standard InChI is InChI=1S/C19H27O4/c1-12-9-16(22-6)14(10-15(12)21-5)19-11-23(13(2)20)17(19)7-8-18(19,3)4/h9-10,17H,7-8,11H2,1-6H3/q+1/t17-,19+/m1/s1. The molecule has 2 fully saturated rings. The zero-order chi connectivity index (χ0) is 17.0. The van der Waals surface area contributed by atoms with Crippen molar-refractivity contribution in [3.8, 4) is 11.5 Å². The Bertz CT molecular complexity index is 649. The van der Waals surface area contributed by atoms with Gasteiger partial charge in [0.1, 0.15) is 29.6 Å². The van der Waals surface area contributed by atoms with Gasteiger partial charge < -0.3 is 13.8 Å². The number of ether oxygens (including phenoxy) is 2. The Kier molecular flexibility index (Phi) is 3.62. The van der Waals surface area contributed by atoms with E-state index in [2.05, 4.69) is 30.3 Å². The summed E-state index contributed by atoms with van der Waals surface area (Å²) >= 11 is 0. The first-order valence-electron chi connectivity index (χ1n) is 8.22. The minimum Gasteiger partial charge on any atom is -0.541 e. The molecule has 3 rings (SSSR count). The third kappa shape index (κ3) is 2.00. The number of carbonyl (C=O) groups excluding carboxylic acids is 1. The van der Waals surface area contributed by atoms with Crippen LogP contribution >= 0.6 is 0 Å². The third-order valence-corrected chi connectivity index (χ3v) is 6.08. The fraction of sp³-hybridized carbons (Fsp3) is 0.632. The van der Waals surface area contributed by atoms with E-state index in [1.165, 1.54) is 5.56 Å². The minimum atomic E-state index is -0.0876. The van der Waals surface area contributed by atoms with E-state index in [0.29, 0.717) is 6.61 Å². The first-order valence-corrected chi connectivity index (χ1v) is 8.22. The van der Waals surface area contributed by atoms with E-state index in [0.717, 1.165) is 29.9 Å². The lowest BCUT2D eigenvalue weighted by Gasteiger charge is -2.57. The molecule has 0 bridgehead atoms. The Hall–Kier alpha value is -1.71. The van der Waals surface area contributed by atoms with E-state index in [4.69, 9.17) is 9.47 Å². The molecule has 0 aromatic heterocycles. The van der Waals surface area contributed by atoms with Crippen molar-refractivity contribution in [2.24, 2.45) is 5.41 Å². The molecule has 0 radical (unpaired) electrons. The molecule has 1 aliphatic carbocycles. The van der Waals surface area contributed by atoms with Gasteiger partial charge >= 0.3 is 5.97 Å². The summed E-state index contributed by atoms with van der Waals surface area (Å²) in [6.07, 6.45) is 2.28. The Morgan fingerprint density at radius 2 is 1.87 bits per heavy atom. The van der Waals surface area contributed by atoms with Gasteiger partial charge in [0, 0.05) is 16.8 Å². The highest BCUT2D eigenvalue weighted by atomic mass is 16.7. The van der Waals surface area contributed by atoms with Gasteiger partial charge in [0.15, 0.2) is 0 Å². The van der Waals surface area contributed by atoms with Crippen LogP contribution in [0.1, 0.15) is 44.7 Å². The summed E-state index contributed by atoms with van der Waals surface area (Å²) in [4.78, 5) is 11.9. The van der Waals surface area contributed by atoms with Crippen molar-refractivity contribution in [1.82, 2.24) is 0 Å². The molecule has 126 valence electrons. The zero-order valence-corrected chi connectivity index (χ0v) is 15.0. The van der Waals surface area contributed by atoms with Crippen LogP contribution in [0, 0.1) is 12.3 Å². The molecule has 1 saturated carbocycles. The van der Waals surface area contributed by atoms with Gasteiger partial charge in [-0.15, -0.1) is 0 Å². The summed E-state index contributed by atoms with van der Waals surface area (Å²) in [5, 5.41) is 0. The first-order chi connectivity index (χ1) is 10.8. The molecule has 0 N–H and O–H groups in total. The predicted octanol–water partition coefficient (Wildman–Crippen LogP) is 3.55. The maximum absolute atomic E-state index is 11.9. The minimum absolute atomic E-state index is 0.0846. The fourth-order valence-corrected chi connectivity index (χ4v) is 4.63. The molecule has 1 heterocycles. The van der Waals surface area contributed by atoms with Crippen molar-refractivity contribution < 1.29 is 18.6 Å². The highest BCUT2D eigenvalue weighted by molar-refractivity contribution is 5.71. The Morgan fingerprint density at radius 3 is 2.43 bits per heavy atom. The van der Waals surface area contributed by atoms with Crippen molar-refractivity contribution >= 4 is 5.97 Å². The van der Waals surface area contributed by atoms with E-state index in [9.17, 15) is 4.79 Å². The van der Waals surface area contributed by atoms with Crippen LogP contribution in [0.15, 0.2) is 12.1 Å². The quantitative estimate of drug-likeness (QED) is 0.632. The maximum atomic E-state index is 11.9. The number of fused-ring (bicyclic) bond motifs is 1. The van der Waals surface area contributed by atoms with Gasteiger partial charge in [0.2, 0.25) is 0 Å². The SMILES string of the molecule is COc1cc([C@@]23C[O+](C(C)=O)[C@@H]2CCC3(C)C)c(OC)cc1C. The normalized spacial score (nSPS) is 28.1. The number of rotatable bonds is 3. The van der Waals surface area contributed by atoms with Crippen molar-refractivity contribution in [2.75, 3.05) is 20.8 Å². The average molecular weight is 319 g/mol. The van der Waals surface area contributed by atoms with Gasteiger partial charge in [0.05, 0.1) is 21.1 Å². The van der Waals surface area contributed by atoms with Crippen LogP contribution in [0.5, 0.6) is 11.5 Å². The van der Waals surface area contributed by atoms with E-state index < -0.39 is 0 Å². The molecular formula is C19H27O4+. The van der Waals surface area contributed by atoms with Crippen LogP contribution in [0.3, 0.4) is 0 Å². The lowest BCUT2D eigenvalue weighted by Crippen LogP contribution is -2.65. The molecule has 0 unspecified atom stereocenters. The highest BCUT2D eigenvalue weighted by Crippen LogP contribution is 2.64. The van der Waals surface area contributed by atoms with Crippen LogP contribution in [-0.2, 0) is 14.6 Å². The molecule has 23 heavy (non-hydrogen) atoms. The third-order valence-electron chi connectivity index (χ3n) is 6.08. The van der Waals surface area contributed by atoms with Crippen molar-refractivity contribution in [1.29, 1.82) is 0 Å². The molecule has 1 saturated heterocycles. The zero-order valence-electron chi connectivity index (χ0n) is 15.0. The Morgan fingerprint density at radius 1 is 1.22 bits per heavy atom. The summed E-state index contributed by atoms with van der Waals surface area (Å²) in [7, 11) is 3.41. The fourth-order valence-electron chi connectivity index (χ4n) is 4.63. The average Bonchev–Trinajstić information content (AvgIpc) is 2.65. The molecule has 2 aliphatic rings. The Balaban J connectivity index is 2.17. The largest absolute Gasteiger partial charge is 0.541 e. The van der Waals surface area contributed by atoms with Crippen molar-refractivity contribution in [2.45, 2.75) is 52.1 Å². The number of carbonyl (C=O) groups is 1. The van der Waals surface area contributed by atoms with E-state index in [-0.39, 0.29) is 22.9 Å². The number of benzene rings is 1. The van der Waals surface area contributed by atoms with Crippen LogP contribution in [0.4, 0.5) is 0 Å². The lowest BCUT2D eigenvalue weighted by molar-refractivity contribution is -0.290. The number of hydrogen-bond donors (Lipinski definition) is 0. The molecule has 1 aromatic carbocycles. The van der Waals surface area contributed by atoms with Gasteiger partial charge in [-0.05, 0) is 36.5 Å². The summed E-state index contributed by atoms with van der Waals surface area (Å²) in [5.41, 5.74) is 2.24.